The molecule has 2 atom stereocenters. The van der Waals surface area contributed by atoms with Gasteiger partial charge in [-0.2, -0.15) is 0 Å². The lowest BCUT2D eigenvalue weighted by Crippen LogP contribution is -2.49. The fourth-order valence-corrected chi connectivity index (χ4v) is 3.06. The number of fused-ring (bicyclic) bond motifs is 1. The zero-order valence-corrected chi connectivity index (χ0v) is 15.0. The van der Waals surface area contributed by atoms with Crippen molar-refractivity contribution in [2.45, 2.75) is 39.3 Å². The third-order valence-corrected chi connectivity index (χ3v) is 4.69. The van der Waals surface area contributed by atoms with Crippen molar-refractivity contribution < 1.29 is 9.53 Å². The molecule has 0 fully saturated rings. The van der Waals surface area contributed by atoms with Crippen molar-refractivity contribution in [3.63, 3.8) is 0 Å². The van der Waals surface area contributed by atoms with E-state index in [1.165, 1.54) is 0 Å². The number of benzene rings is 2. The number of amides is 1. The van der Waals surface area contributed by atoms with Crippen LogP contribution in [0, 0.1) is 6.92 Å². The van der Waals surface area contributed by atoms with Crippen molar-refractivity contribution in [3.05, 3.63) is 48.0 Å². The number of nitrogens with zero attached hydrogens (tertiary/aromatic N) is 1. The molecule has 132 valence electrons. The van der Waals surface area contributed by atoms with Gasteiger partial charge < -0.3 is 20.7 Å². The van der Waals surface area contributed by atoms with Crippen LogP contribution in [-0.4, -0.2) is 24.6 Å². The minimum Gasteiger partial charge on any atom is -0.486 e. The van der Waals surface area contributed by atoms with E-state index in [0.29, 0.717) is 12.2 Å². The number of carbonyl (C=O) groups is 1. The molecule has 0 saturated carbocycles. The zero-order chi connectivity index (χ0) is 18.0. The van der Waals surface area contributed by atoms with Gasteiger partial charge in [0.2, 0.25) is 5.91 Å². The molecule has 2 unspecified atom stereocenters. The summed E-state index contributed by atoms with van der Waals surface area (Å²) in [6.07, 6.45) is 0.941. The molecule has 1 amide bonds. The molecule has 2 aromatic rings. The smallest absolute Gasteiger partial charge is 0.246 e. The first-order valence-corrected chi connectivity index (χ1v) is 8.69. The van der Waals surface area contributed by atoms with Crippen LogP contribution in [0.25, 0.3) is 0 Å². The van der Waals surface area contributed by atoms with Crippen LogP contribution >= 0.6 is 0 Å². The van der Waals surface area contributed by atoms with E-state index in [0.717, 1.165) is 29.1 Å². The summed E-state index contributed by atoms with van der Waals surface area (Å²) in [6, 6.07) is 13.0. The summed E-state index contributed by atoms with van der Waals surface area (Å²) in [4.78, 5) is 14.9. The summed E-state index contributed by atoms with van der Waals surface area (Å²) in [6.45, 7) is 6.65. The van der Waals surface area contributed by atoms with Crippen molar-refractivity contribution in [1.82, 2.24) is 0 Å². The number of hydrogen-bond acceptors (Lipinski definition) is 4. The second-order valence-corrected chi connectivity index (χ2v) is 6.51. The van der Waals surface area contributed by atoms with E-state index in [4.69, 9.17) is 10.5 Å². The molecule has 5 heteroatoms. The Morgan fingerprint density at radius 1 is 1.36 bits per heavy atom. The van der Waals surface area contributed by atoms with Gasteiger partial charge in [0, 0.05) is 11.4 Å². The van der Waals surface area contributed by atoms with Crippen LogP contribution in [0.2, 0.25) is 0 Å². The van der Waals surface area contributed by atoms with Gasteiger partial charge in [0.25, 0.3) is 0 Å². The number of nitrogens with two attached hydrogens (primary N) is 1. The summed E-state index contributed by atoms with van der Waals surface area (Å²) < 4.78 is 6.00. The van der Waals surface area contributed by atoms with Crippen LogP contribution in [0.4, 0.5) is 17.1 Å². The van der Waals surface area contributed by atoms with Gasteiger partial charge in [-0.15, -0.1) is 0 Å². The van der Waals surface area contributed by atoms with Gasteiger partial charge >= 0.3 is 0 Å². The number of aryl methyl sites for hydroxylation is 1. The van der Waals surface area contributed by atoms with E-state index < -0.39 is 0 Å². The number of hydrogen-bond donors (Lipinski definition) is 2. The summed E-state index contributed by atoms with van der Waals surface area (Å²) in [5.41, 5.74) is 9.36. The lowest BCUT2D eigenvalue weighted by Gasteiger charge is -2.39. The highest BCUT2D eigenvalue weighted by Gasteiger charge is 2.31. The summed E-state index contributed by atoms with van der Waals surface area (Å²) in [5.74, 6) is 0.738. The highest BCUT2D eigenvalue weighted by Crippen LogP contribution is 2.37. The Kier molecular flexibility index (Phi) is 4.83. The van der Waals surface area contributed by atoms with Gasteiger partial charge in [0.1, 0.15) is 17.9 Å². The van der Waals surface area contributed by atoms with Gasteiger partial charge in [-0.1, -0.05) is 25.1 Å². The van der Waals surface area contributed by atoms with E-state index in [9.17, 15) is 4.79 Å². The number of ether oxygens (including phenoxy) is 1. The Morgan fingerprint density at radius 2 is 2.12 bits per heavy atom. The van der Waals surface area contributed by atoms with E-state index in [2.05, 4.69) is 17.1 Å². The third-order valence-electron chi connectivity index (χ3n) is 4.69. The van der Waals surface area contributed by atoms with Gasteiger partial charge in [-0.25, -0.2) is 0 Å². The average Bonchev–Trinajstić information content (AvgIpc) is 2.62. The second kappa shape index (κ2) is 7.05. The molecule has 0 radical (unpaired) electrons. The first-order chi connectivity index (χ1) is 12.0. The topological polar surface area (TPSA) is 67.6 Å². The molecule has 1 heterocycles. The van der Waals surface area contributed by atoms with Crippen molar-refractivity contribution >= 4 is 23.0 Å². The quantitative estimate of drug-likeness (QED) is 0.836. The minimum atomic E-state index is -0.335. The Morgan fingerprint density at radius 3 is 2.84 bits per heavy atom. The first-order valence-electron chi connectivity index (χ1n) is 8.69. The Balaban J connectivity index is 1.85. The molecular weight excluding hydrogens is 314 g/mol. The van der Waals surface area contributed by atoms with Gasteiger partial charge in [-0.05, 0) is 50.1 Å². The fourth-order valence-electron chi connectivity index (χ4n) is 3.06. The molecule has 1 aliphatic heterocycles. The SMILES string of the molecule is CCC1CN(C(C)C(=O)Nc2ccccc2C)c2cc(N)ccc2O1. The molecule has 0 spiro atoms. The fraction of sp³-hybridized carbons (Fsp3) is 0.350. The lowest BCUT2D eigenvalue weighted by molar-refractivity contribution is -0.117. The third kappa shape index (κ3) is 3.55. The molecular formula is C20H25N3O2. The maximum atomic E-state index is 12.8. The standard InChI is InChI=1S/C20H25N3O2/c1-4-16-12-23(18-11-15(21)9-10-19(18)25-16)14(3)20(24)22-17-8-6-5-7-13(17)2/h5-11,14,16H,4,12,21H2,1-3H3,(H,22,24). The molecule has 0 saturated heterocycles. The summed E-state index contributed by atoms with van der Waals surface area (Å²) >= 11 is 0. The number of anilines is 3. The largest absolute Gasteiger partial charge is 0.486 e. The maximum Gasteiger partial charge on any atom is 0.246 e. The average molecular weight is 339 g/mol. The first kappa shape index (κ1) is 17.1. The number of nitrogens with one attached hydrogen (secondary N) is 1. The highest BCUT2D eigenvalue weighted by molar-refractivity contribution is 5.97. The lowest BCUT2D eigenvalue weighted by atomic mass is 10.1. The van der Waals surface area contributed by atoms with E-state index in [1.54, 1.807) is 0 Å². The van der Waals surface area contributed by atoms with Crippen LogP contribution in [0.1, 0.15) is 25.8 Å². The number of para-hydroxylation sites is 1. The van der Waals surface area contributed by atoms with E-state index in [-0.39, 0.29) is 18.1 Å². The van der Waals surface area contributed by atoms with Gasteiger partial charge in [0.05, 0.1) is 12.2 Å². The number of nitrogen functional groups attached to an aromatic ring is 1. The molecule has 0 bridgehead atoms. The van der Waals surface area contributed by atoms with Crippen LogP contribution in [-0.2, 0) is 4.79 Å². The van der Waals surface area contributed by atoms with Crippen LogP contribution in [0.5, 0.6) is 5.75 Å². The molecule has 1 aliphatic rings. The molecule has 25 heavy (non-hydrogen) atoms. The van der Waals surface area contributed by atoms with Crippen molar-refractivity contribution in [2.24, 2.45) is 0 Å². The normalized spacial score (nSPS) is 17.4. The molecule has 3 N–H and O–H groups in total. The zero-order valence-electron chi connectivity index (χ0n) is 15.0. The minimum absolute atomic E-state index is 0.0422. The van der Waals surface area contributed by atoms with Crippen LogP contribution < -0.4 is 20.7 Å². The van der Waals surface area contributed by atoms with E-state index in [1.807, 2.05) is 56.3 Å². The predicted octanol–water partition coefficient (Wildman–Crippen LogP) is 3.58. The predicted molar refractivity (Wildman–Crippen MR) is 102 cm³/mol. The second-order valence-electron chi connectivity index (χ2n) is 6.51. The van der Waals surface area contributed by atoms with E-state index >= 15 is 0 Å². The van der Waals surface area contributed by atoms with Crippen molar-refractivity contribution in [3.8, 4) is 5.75 Å². The number of carbonyl (C=O) groups excluding carboxylic acids is 1. The Hall–Kier alpha value is -2.69. The summed E-state index contributed by atoms with van der Waals surface area (Å²) in [5, 5.41) is 3.03. The maximum absolute atomic E-state index is 12.8. The van der Waals surface area contributed by atoms with Crippen molar-refractivity contribution in [1.29, 1.82) is 0 Å². The van der Waals surface area contributed by atoms with Gasteiger partial charge in [0.15, 0.2) is 0 Å². The Labute approximate surface area is 148 Å². The summed E-state index contributed by atoms with van der Waals surface area (Å²) in [7, 11) is 0. The monoisotopic (exact) mass is 339 g/mol. The van der Waals surface area contributed by atoms with Crippen LogP contribution in [0.3, 0.4) is 0 Å². The molecule has 2 aromatic carbocycles. The number of rotatable bonds is 4. The molecule has 5 nitrogen and oxygen atoms in total. The Bertz CT molecular complexity index is 775. The van der Waals surface area contributed by atoms with Crippen LogP contribution in [0.15, 0.2) is 42.5 Å². The van der Waals surface area contributed by atoms with Crippen molar-refractivity contribution in [2.75, 3.05) is 22.5 Å². The highest BCUT2D eigenvalue weighted by atomic mass is 16.5. The molecule has 3 rings (SSSR count). The van der Waals surface area contributed by atoms with Gasteiger partial charge in [-0.3, -0.25) is 4.79 Å². The molecule has 0 aliphatic carbocycles. The molecule has 0 aromatic heterocycles.